The van der Waals surface area contributed by atoms with Crippen LogP contribution in [0.25, 0.3) is 87.6 Å². The Morgan fingerprint density at radius 2 is 0.730 bits per heavy atom. The molecule has 7 heteroatoms. The van der Waals surface area contributed by atoms with Crippen LogP contribution < -0.4 is 5.30 Å². The first kappa shape index (κ1) is 38.0. The van der Waals surface area contributed by atoms with Crippen molar-refractivity contribution in [3.8, 4) is 44.5 Å². The molecule has 1 unspecified atom stereocenters. The van der Waals surface area contributed by atoms with Gasteiger partial charge in [0, 0.05) is 38.7 Å². The smallest absolute Gasteiger partial charge is 0.194 e. The summed E-state index contributed by atoms with van der Waals surface area (Å²) in [7, 11) is 2.18. The van der Waals surface area contributed by atoms with Crippen LogP contribution in [0.15, 0.2) is 158 Å². The minimum absolute atomic E-state index is 0.131. The number of quaternary nitrogens is 1. The van der Waals surface area contributed by atoms with Crippen molar-refractivity contribution in [1.82, 2.24) is 0 Å². The van der Waals surface area contributed by atoms with E-state index in [0.717, 1.165) is 88.6 Å². The topological polar surface area (TPSA) is 0 Å². The third-order valence-corrected chi connectivity index (χ3v) is 14.1. The number of benzene rings is 10. The molecule has 0 aliphatic carbocycles. The van der Waals surface area contributed by atoms with Gasteiger partial charge in [0.05, 0.1) is 0 Å². The Bertz CT molecular complexity index is 3330. The molecule has 1 nitrogen and oxygen atoms in total. The molecule has 0 amide bonds. The van der Waals surface area contributed by atoms with E-state index in [-0.39, 0.29) is 10.9 Å². The third-order valence-electron chi connectivity index (χ3n) is 13.5. The van der Waals surface area contributed by atoms with Crippen LogP contribution in [0.1, 0.15) is 22.3 Å². The van der Waals surface area contributed by atoms with Crippen LogP contribution in [0.3, 0.4) is 0 Å². The van der Waals surface area contributed by atoms with Crippen molar-refractivity contribution >= 4 is 57.6 Å². The van der Waals surface area contributed by atoms with E-state index in [2.05, 4.69) is 94.2 Å². The molecule has 0 aromatic heterocycles. The van der Waals surface area contributed by atoms with Gasteiger partial charge in [-0.1, -0.05) is 131 Å². The molecule has 1 atom stereocenters. The van der Waals surface area contributed by atoms with E-state index in [0.29, 0.717) is 47.4 Å². The summed E-state index contributed by atoms with van der Waals surface area (Å²) in [6.45, 7) is 1.96. The van der Waals surface area contributed by atoms with E-state index in [9.17, 15) is 4.39 Å². The van der Waals surface area contributed by atoms with Crippen LogP contribution in [0.2, 0.25) is 0 Å². The largest absolute Gasteiger partial charge is 0.309 e. The highest BCUT2D eigenvalue weighted by molar-refractivity contribution is 7.27. The maximum atomic E-state index is 15.8. The number of halogens is 5. The van der Waals surface area contributed by atoms with Crippen molar-refractivity contribution in [3.05, 3.63) is 209 Å². The van der Waals surface area contributed by atoms with Crippen LogP contribution in [0.5, 0.6) is 0 Å². The van der Waals surface area contributed by atoms with Gasteiger partial charge in [-0.25, -0.2) is 22.0 Å². The Kier molecular flexibility index (Phi) is 8.53. The minimum atomic E-state index is -1.52. The molecule has 0 saturated carbocycles. The molecule has 10 aromatic carbocycles. The number of hydrogen-bond donors (Lipinski definition) is 0. The van der Waals surface area contributed by atoms with Crippen LogP contribution in [0, 0.1) is 29.1 Å². The van der Waals surface area contributed by atoms with Gasteiger partial charge in [0.15, 0.2) is 17.5 Å². The monoisotopic (exact) mass is 848 g/mol. The van der Waals surface area contributed by atoms with Crippen molar-refractivity contribution < 1.29 is 26.4 Å². The quantitative estimate of drug-likeness (QED) is 0.0704. The average molecular weight is 849 g/mol. The molecule has 63 heavy (non-hydrogen) atoms. The first-order chi connectivity index (χ1) is 30.6. The summed E-state index contributed by atoms with van der Waals surface area (Å²) in [5.41, 5.74) is 10.1. The highest BCUT2D eigenvalue weighted by Crippen LogP contribution is 2.53. The first-order valence-electron chi connectivity index (χ1n) is 21.0. The van der Waals surface area contributed by atoms with Crippen molar-refractivity contribution in [3.63, 3.8) is 0 Å². The van der Waals surface area contributed by atoms with Gasteiger partial charge in [-0.05, 0) is 113 Å². The lowest BCUT2D eigenvalue weighted by molar-refractivity contribution is -0.977. The fraction of sp³-hybridized carbons (Fsp3) is 0.0714. The fourth-order valence-corrected chi connectivity index (χ4v) is 11.0. The summed E-state index contributed by atoms with van der Waals surface area (Å²) in [5.74, 6) is -5.39. The molecule has 12 rings (SSSR count). The lowest BCUT2D eigenvalue weighted by Gasteiger charge is -2.39. The van der Waals surface area contributed by atoms with Crippen LogP contribution in [-0.4, -0.2) is 4.48 Å². The second-order valence-corrected chi connectivity index (χ2v) is 17.8. The molecular formula is C56H36F5NP+. The molecule has 2 heterocycles. The van der Waals surface area contributed by atoms with Crippen molar-refractivity contribution in [1.29, 1.82) is 0 Å². The van der Waals surface area contributed by atoms with E-state index in [1.165, 1.54) is 23.3 Å². The zero-order chi connectivity index (χ0) is 42.7. The maximum Gasteiger partial charge on any atom is 0.194 e. The van der Waals surface area contributed by atoms with E-state index in [1.54, 1.807) is 0 Å². The van der Waals surface area contributed by atoms with Crippen molar-refractivity contribution in [2.24, 2.45) is 0 Å². The Balaban J connectivity index is 1.26. The second kappa shape index (κ2) is 14.2. The lowest BCUT2D eigenvalue weighted by atomic mass is 9.82. The van der Waals surface area contributed by atoms with Gasteiger partial charge in [-0.2, -0.15) is 0 Å². The van der Waals surface area contributed by atoms with Gasteiger partial charge in [0.25, 0.3) is 0 Å². The summed E-state index contributed by atoms with van der Waals surface area (Å²) >= 11 is 0. The van der Waals surface area contributed by atoms with Crippen LogP contribution in [0.4, 0.5) is 22.0 Å². The van der Waals surface area contributed by atoms with E-state index in [1.807, 2.05) is 48.5 Å². The zero-order valence-electron chi connectivity index (χ0n) is 33.8. The molecule has 0 saturated heterocycles. The SMILES string of the molecule is Fc1cc(-c2cc3ccccc3c3c2C[N+]2(Cc4ccc5ccccc5c4-c4c(ccc5ccccc45)C2)Cc2c(-c4cc(F)c(P)c(F)c4)cc4ccccc4c2-3)cc(F)c1F. The third kappa shape index (κ3) is 5.89. The average Bonchev–Trinajstić information content (AvgIpc) is 3.54. The number of rotatable bonds is 2. The lowest BCUT2D eigenvalue weighted by Crippen LogP contribution is -2.44. The molecule has 10 aromatic rings. The predicted octanol–water partition coefficient (Wildman–Crippen LogP) is 14.7. The van der Waals surface area contributed by atoms with Gasteiger partial charge in [-0.3, -0.25) is 0 Å². The highest BCUT2D eigenvalue weighted by Gasteiger charge is 2.41. The Labute approximate surface area is 362 Å². The van der Waals surface area contributed by atoms with Gasteiger partial charge in [0.1, 0.15) is 37.8 Å². The van der Waals surface area contributed by atoms with Gasteiger partial charge in [0.2, 0.25) is 0 Å². The standard InChI is InChI=1S/C56H36F5NP/c57-47-23-37(24-48(58)55(47)61)43-21-33-11-3-7-15-41(33)53-45(43)29-62(30-46-44(38-25-49(59)56(63)50(60)26-38)22-34-12-4-8-16-42(34)54(46)53)27-35-19-17-31-9-1-5-13-39(31)51(35)52-36(28-62)20-18-32-10-2-6-14-40(32)52/h1-26H,27-30,63H2/q+1. The molecule has 0 radical (unpaired) electrons. The summed E-state index contributed by atoms with van der Waals surface area (Å²) < 4.78 is 77.6. The first-order valence-corrected chi connectivity index (χ1v) is 21.6. The maximum absolute atomic E-state index is 15.8. The molecule has 2 aliphatic rings. The summed E-state index contributed by atoms with van der Waals surface area (Å²) in [6.07, 6.45) is 0. The predicted molar refractivity (Wildman–Crippen MR) is 249 cm³/mol. The van der Waals surface area contributed by atoms with E-state index < -0.39 is 29.1 Å². The van der Waals surface area contributed by atoms with Gasteiger partial charge >= 0.3 is 0 Å². The van der Waals surface area contributed by atoms with Gasteiger partial charge in [-0.15, -0.1) is 0 Å². The number of fused-ring (bicyclic) bond motifs is 14. The Morgan fingerprint density at radius 1 is 0.365 bits per heavy atom. The number of nitrogens with zero attached hydrogens (tertiary/aromatic N) is 1. The molecule has 0 bridgehead atoms. The fourth-order valence-electron chi connectivity index (χ4n) is 10.9. The van der Waals surface area contributed by atoms with Crippen LogP contribution in [-0.2, 0) is 26.2 Å². The Hall–Kier alpha value is -6.72. The van der Waals surface area contributed by atoms with E-state index in [4.69, 9.17) is 0 Å². The molecule has 304 valence electrons. The molecule has 0 N–H and O–H groups in total. The minimum Gasteiger partial charge on any atom is -0.309 e. The molecule has 2 aliphatic heterocycles. The normalized spacial score (nSPS) is 14.1. The second-order valence-electron chi connectivity index (χ2n) is 17.2. The zero-order valence-corrected chi connectivity index (χ0v) is 34.9. The molecule has 1 spiro atoms. The van der Waals surface area contributed by atoms with Crippen molar-refractivity contribution in [2.75, 3.05) is 0 Å². The summed E-state index contributed by atoms with van der Waals surface area (Å²) in [4.78, 5) is 0. The summed E-state index contributed by atoms with van der Waals surface area (Å²) in [5, 5.41) is 7.97. The Morgan fingerprint density at radius 3 is 1.16 bits per heavy atom. The van der Waals surface area contributed by atoms with Gasteiger partial charge < -0.3 is 4.48 Å². The molecule has 0 fully saturated rings. The van der Waals surface area contributed by atoms with Crippen molar-refractivity contribution in [2.45, 2.75) is 26.2 Å². The summed E-state index contributed by atoms with van der Waals surface area (Å²) in [6, 6.07) is 50.8. The van der Waals surface area contributed by atoms with Crippen LogP contribution >= 0.6 is 9.24 Å². The highest BCUT2D eigenvalue weighted by atomic mass is 31.0. The van der Waals surface area contributed by atoms with E-state index >= 15 is 17.6 Å². The molecular weight excluding hydrogens is 813 g/mol. The number of hydrogen-bond acceptors (Lipinski definition) is 0.